The lowest BCUT2D eigenvalue weighted by Crippen LogP contribution is -2.47. The first-order valence-electron chi connectivity index (χ1n) is 18.8. The Morgan fingerprint density at radius 3 is 1.73 bits per heavy atom. The lowest BCUT2D eigenvalue weighted by molar-refractivity contribution is -0.142. The molecule has 0 bridgehead atoms. The molecule has 4 aliphatic rings. The molecule has 3 unspecified atom stereocenters. The minimum atomic E-state index is -1.05. The van der Waals surface area contributed by atoms with Crippen LogP contribution in [0.25, 0.3) is 0 Å². The number of nitrogens with zero attached hydrogens (tertiary/aromatic N) is 4. The van der Waals surface area contributed by atoms with Gasteiger partial charge in [0, 0.05) is 19.6 Å². The Morgan fingerprint density at radius 2 is 1.19 bits per heavy atom. The van der Waals surface area contributed by atoms with Crippen LogP contribution >= 0.6 is 0 Å². The number of ether oxygens (including phenoxy) is 3. The summed E-state index contributed by atoms with van der Waals surface area (Å²) in [5.41, 5.74) is -2.04. The molecule has 4 heterocycles. The van der Waals surface area contributed by atoms with Gasteiger partial charge in [0.25, 0.3) is 11.8 Å². The average molecular weight is 675 g/mol. The molecular weight excluding hydrogens is 612 g/mol. The number of epoxide rings is 2. The zero-order valence-electron chi connectivity index (χ0n) is 30.4. The fourth-order valence-corrected chi connectivity index (χ4v) is 6.70. The van der Waals surface area contributed by atoms with E-state index in [1.54, 1.807) is 37.5 Å². The Bertz CT molecular complexity index is 1120. The first kappa shape index (κ1) is 38.3. The summed E-state index contributed by atoms with van der Waals surface area (Å²) in [6.07, 6.45) is 20.7. The van der Waals surface area contributed by atoms with Crippen LogP contribution in [0.15, 0.2) is 12.2 Å². The van der Waals surface area contributed by atoms with Gasteiger partial charge in [0.1, 0.15) is 17.3 Å². The van der Waals surface area contributed by atoms with E-state index >= 15 is 0 Å². The summed E-state index contributed by atoms with van der Waals surface area (Å²) < 4.78 is 16.9. The topological polar surface area (TPSA) is 116 Å². The lowest BCUT2D eigenvalue weighted by atomic mass is 10.0. The molecule has 11 nitrogen and oxygen atoms in total. The minimum absolute atomic E-state index is 0.0443. The van der Waals surface area contributed by atoms with E-state index in [4.69, 9.17) is 14.2 Å². The van der Waals surface area contributed by atoms with Crippen molar-refractivity contribution >= 4 is 23.9 Å². The predicted octanol–water partition coefficient (Wildman–Crippen LogP) is 6.64. The fourth-order valence-electron chi connectivity index (χ4n) is 6.70. The number of amides is 6. The van der Waals surface area contributed by atoms with Crippen molar-refractivity contribution in [3.05, 3.63) is 12.2 Å². The molecule has 0 aromatic heterocycles. The number of unbranched alkanes of at least 4 members (excludes halogenated alkanes) is 12. The van der Waals surface area contributed by atoms with Crippen molar-refractivity contribution in [2.24, 2.45) is 0 Å². The van der Waals surface area contributed by atoms with Crippen LogP contribution < -0.4 is 0 Å². The van der Waals surface area contributed by atoms with E-state index in [0.29, 0.717) is 32.9 Å². The predicted molar refractivity (Wildman–Crippen MR) is 184 cm³/mol. The van der Waals surface area contributed by atoms with E-state index in [-0.39, 0.29) is 43.0 Å². The van der Waals surface area contributed by atoms with Gasteiger partial charge in [0.2, 0.25) is 0 Å². The molecule has 0 spiro atoms. The molecule has 3 atom stereocenters. The molecule has 0 N–H and O–H groups in total. The van der Waals surface area contributed by atoms with Crippen LogP contribution in [0.4, 0.5) is 9.59 Å². The summed E-state index contributed by atoms with van der Waals surface area (Å²) in [5.74, 6) is -0.641. The van der Waals surface area contributed by atoms with Gasteiger partial charge in [-0.05, 0) is 59.8 Å². The number of carbonyl (C=O) groups is 4. The Morgan fingerprint density at radius 1 is 0.708 bits per heavy atom. The highest BCUT2D eigenvalue weighted by Gasteiger charge is 2.56. The maximum Gasteiger partial charge on any atom is 0.329 e. The molecule has 6 amide bonds. The van der Waals surface area contributed by atoms with Gasteiger partial charge < -0.3 is 24.0 Å². The van der Waals surface area contributed by atoms with Gasteiger partial charge in [-0.2, -0.15) is 0 Å². The molecule has 0 saturated carbocycles. The van der Waals surface area contributed by atoms with Gasteiger partial charge in [-0.1, -0.05) is 76.9 Å². The van der Waals surface area contributed by atoms with E-state index in [1.165, 1.54) is 74.0 Å². The van der Waals surface area contributed by atoms with Crippen LogP contribution in [0.1, 0.15) is 131 Å². The first-order chi connectivity index (χ1) is 23.0. The zero-order chi connectivity index (χ0) is 34.7. The highest BCUT2D eigenvalue weighted by atomic mass is 16.6. The Balaban J connectivity index is 1.22. The summed E-state index contributed by atoms with van der Waals surface area (Å²) in [5, 5.41) is 0. The quantitative estimate of drug-likeness (QED) is 0.0462. The van der Waals surface area contributed by atoms with E-state index in [0.717, 1.165) is 25.7 Å². The number of carbonyl (C=O) groups excluding carboxylic acids is 4. The maximum atomic E-state index is 13.6. The third-order valence-corrected chi connectivity index (χ3v) is 10.2. The average Bonchev–Trinajstić information content (AvgIpc) is 3.98. The van der Waals surface area contributed by atoms with Crippen molar-refractivity contribution in [2.75, 3.05) is 39.5 Å². The molecule has 0 aliphatic carbocycles. The molecule has 0 aromatic rings. The third-order valence-electron chi connectivity index (χ3n) is 10.2. The minimum Gasteiger partial charge on any atom is -0.371 e. The van der Waals surface area contributed by atoms with Gasteiger partial charge in [0.05, 0.1) is 38.5 Å². The Labute approximate surface area is 288 Å². The van der Waals surface area contributed by atoms with Crippen molar-refractivity contribution < 1.29 is 33.4 Å². The smallest absolute Gasteiger partial charge is 0.329 e. The molecule has 4 aliphatic heterocycles. The van der Waals surface area contributed by atoms with Crippen molar-refractivity contribution in [2.45, 2.75) is 160 Å². The van der Waals surface area contributed by atoms with Crippen molar-refractivity contribution in [1.29, 1.82) is 0 Å². The number of allylic oxidation sites excluding steroid dienone is 2. The Kier molecular flexibility index (Phi) is 14.3. The standard InChI is InChI=1S/C37H62N4O7/c1-6-7-8-9-10-11-12-13-14-15-16-17-18-19-20-21-24-46-31(41-33(43)37(4,5)40(35(41)45)26-30-28-48-30)22-23-38-32(42)36(2,3)39(34(38)44)25-29-27-47-29/h13-14,29-31H,6-12,15-28H2,1-5H3/b14-13-. The number of hydrogen-bond donors (Lipinski definition) is 0. The first-order valence-corrected chi connectivity index (χ1v) is 18.8. The van der Waals surface area contributed by atoms with Gasteiger partial charge in [-0.25, -0.2) is 14.5 Å². The van der Waals surface area contributed by atoms with Crippen molar-refractivity contribution in [3.63, 3.8) is 0 Å². The maximum absolute atomic E-state index is 13.6. The van der Waals surface area contributed by atoms with Crippen LogP contribution in [0.2, 0.25) is 0 Å². The third kappa shape index (κ3) is 10.3. The van der Waals surface area contributed by atoms with Crippen molar-refractivity contribution in [3.8, 4) is 0 Å². The van der Waals surface area contributed by atoms with Crippen LogP contribution in [-0.2, 0) is 23.8 Å². The second-order valence-electron chi connectivity index (χ2n) is 15.0. The van der Waals surface area contributed by atoms with Gasteiger partial charge in [-0.15, -0.1) is 0 Å². The van der Waals surface area contributed by atoms with E-state index < -0.39 is 23.3 Å². The highest BCUT2D eigenvalue weighted by Crippen LogP contribution is 2.34. The number of urea groups is 2. The van der Waals surface area contributed by atoms with E-state index in [1.807, 2.05) is 0 Å². The second-order valence-corrected chi connectivity index (χ2v) is 15.0. The van der Waals surface area contributed by atoms with E-state index in [9.17, 15) is 19.2 Å². The van der Waals surface area contributed by atoms with Gasteiger partial charge >= 0.3 is 12.1 Å². The normalized spacial score (nSPS) is 23.8. The molecule has 4 saturated heterocycles. The monoisotopic (exact) mass is 674 g/mol. The largest absolute Gasteiger partial charge is 0.371 e. The van der Waals surface area contributed by atoms with Crippen molar-refractivity contribution in [1.82, 2.24) is 19.6 Å². The summed E-state index contributed by atoms with van der Waals surface area (Å²) in [7, 11) is 0. The highest BCUT2D eigenvalue weighted by molar-refractivity contribution is 6.07. The van der Waals surface area contributed by atoms with Gasteiger partial charge in [0.15, 0.2) is 0 Å². The lowest BCUT2D eigenvalue weighted by Gasteiger charge is -2.28. The molecule has 0 aromatic carbocycles. The molecule has 0 radical (unpaired) electrons. The molecular formula is C37H62N4O7. The number of imide groups is 2. The fraction of sp³-hybridized carbons (Fsp3) is 0.838. The van der Waals surface area contributed by atoms with Crippen LogP contribution in [0.3, 0.4) is 0 Å². The van der Waals surface area contributed by atoms with Crippen LogP contribution in [0, 0.1) is 0 Å². The number of hydrogen-bond acceptors (Lipinski definition) is 7. The van der Waals surface area contributed by atoms with Crippen LogP contribution in [0.5, 0.6) is 0 Å². The number of rotatable bonds is 25. The van der Waals surface area contributed by atoms with Crippen LogP contribution in [-0.4, -0.2) is 112 Å². The summed E-state index contributed by atoms with van der Waals surface area (Å²) >= 11 is 0. The van der Waals surface area contributed by atoms with Gasteiger partial charge in [-0.3, -0.25) is 14.5 Å². The Hall–Kier alpha value is -2.50. The molecule has 4 rings (SSSR count). The molecule has 11 heteroatoms. The van der Waals surface area contributed by atoms with E-state index in [2.05, 4.69) is 19.1 Å². The summed E-state index contributed by atoms with van der Waals surface area (Å²) in [6, 6.07) is -0.794. The molecule has 272 valence electrons. The summed E-state index contributed by atoms with van der Waals surface area (Å²) in [6.45, 7) is 11.5. The SMILES string of the molecule is CCCCCCCC/C=C\CCCCCCCCOC(CCN1C(=O)N(CC2CO2)C(C)(C)C1=O)N1C(=O)N(CC2CO2)C(C)(C)C1=O. The second kappa shape index (κ2) is 17.9. The molecule has 48 heavy (non-hydrogen) atoms. The zero-order valence-corrected chi connectivity index (χ0v) is 30.4. The summed E-state index contributed by atoms with van der Waals surface area (Å²) in [4.78, 5) is 59.5. The molecule has 4 fully saturated rings.